The summed E-state index contributed by atoms with van der Waals surface area (Å²) in [6.07, 6.45) is 6.76. The van der Waals surface area contributed by atoms with Gasteiger partial charge in [-0.05, 0) is 50.5 Å². The minimum absolute atomic E-state index is 0.0711. The number of rotatable bonds is 1. The van der Waals surface area contributed by atoms with Crippen molar-refractivity contribution in [3.63, 3.8) is 0 Å². The van der Waals surface area contributed by atoms with Gasteiger partial charge in [0.05, 0.1) is 6.10 Å². The molecule has 2 saturated carbocycles. The highest BCUT2D eigenvalue weighted by molar-refractivity contribution is 5.29. The summed E-state index contributed by atoms with van der Waals surface area (Å²) in [7, 11) is 0. The van der Waals surface area contributed by atoms with E-state index >= 15 is 0 Å². The molecule has 2 aliphatic carbocycles. The molecule has 0 amide bonds. The van der Waals surface area contributed by atoms with E-state index in [9.17, 15) is 10.2 Å². The van der Waals surface area contributed by atoms with E-state index in [0.717, 1.165) is 32.1 Å². The number of hydrogen-bond donors (Lipinski definition) is 2. The SMILES string of the molecule is CC=C=C=C1C(O)CCC[C@]1(O)C1(C)CCCC1(C)C. The van der Waals surface area contributed by atoms with Crippen LogP contribution in [0.3, 0.4) is 0 Å². The van der Waals surface area contributed by atoms with E-state index in [4.69, 9.17) is 0 Å². The van der Waals surface area contributed by atoms with Gasteiger partial charge in [-0.3, -0.25) is 0 Å². The van der Waals surface area contributed by atoms with Gasteiger partial charge in [-0.2, -0.15) is 0 Å². The van der Waals surface area contributed by atoms with Gasteiger partial charge in [0.15, 0.2) is 0 Å². The second-order valence-electron chi connectivity index (χ2n) is 7.31. The Kier molecular flexibility index (Phi) is 4.06. The molecule has 0 aromatic rings. The molecule has 20 heavy (non-hydrogen) atoms. The van der Waals surface area contributed by atoms with E-state index in [1.54, 1.807) is 6.08 Å². The van der Waals surface area contributed by atoms with Crippen LogP contribution in [0.1, 0.15) is 66.2 Å². The molecule has 2 nitrogen and oxygen atoms in total. The molecule has 2 rings (SSSR count). The van der Waals surface area contributed by atoms with Crippen LogP contribution >= 0.6 is 0 Å². The Bertz CT molecular complexity index is 478. The van der Waals surface area contributed by atoms with E-state index in [1.165, 1.54) is 0 Å². The van der Waals surface area contributed by atoms with Crippen molar-refractivity contribution >= 4 is 0 Å². The van der Waals surface area contributed by atoms with Crippen LogP contribution in [0.25, 0.3) is 0 Å². The van der Waals surface area contributed by atoms with Gasteiger partial charge in [0.1, 0.15) is 5.60 Å². The first-order chi connectivity index (χ1) is 9.28. The lowest BCUT2D eigenvalue weighted by atomic mass is 9.54. The highest BCUT2D eigenvalue weighted by atomic mass is 16.3. The third-order valence-corrected chi connectivity index (χ3v) is 6.03. The average molecular weight is 276 g/mol. The molecule has 2 fully saturated rings. The Labute approximate surface area is 122 Å². The lowest BCUT2D eigenvalue weighted by molar-refractivity contribution is -0.121. The second-order valence-corrected chi connectivity index (χ2v) is 7.31. The van der Waals surface area contributed by atoms with Crippen LogP contribution in [0.5, 0.6) is 0 Å². The van der Waals surface area contributed by atoms with Crippen molar-refractivity contribution in [1.29, 1.82) is 0 Å². The predicted octanol–water partition coefficient (Wildman–Crippen LogP) is 3.74. The molecule has 0 aromatic heterocycles. The summed E-state index contributed by atoms with van der Waals surface area (Å²) in [5.74, 6) is 0. The second kappa shape index (κ2) is 5.20. The van der Waals surface area contributed by atoms with Crippen molar-refractivity contribution in [3.8, 4) is 0 Å². The van der Waals surface area contributed by atoms with Gasteiger partial charge in [-0.25, -0.2) is 0 Å². The molecule has 2 unspecified atom stereocenters. The van der Waals surface area contributed by atoms with Gasteiger partial charge < -0.3 is 10.2 Å². The van der Waals surface area contributed by atoms with Crippen LogP contribution < -0.4 is 0 Å². The molecule has 0 radical (unpaired) electrons. The molecule has 0 spiro atoms. The van der Waals surface area contributed by atoms with Crippen LogP contribution in [0, 0.1) is 10.8 Å². The fourth-order valence-electron chi connectivity index (χ4n) is 4.28. The highest BCUT2D eigenvalue weighted by Gasteiger charge is 2.60. The normalized spacial score (nSPS) is 40.1. The number of aliphatic hydroxyl groups excluding tert-OH is 1. The zero-order valence-electron chi connectivity index (χ0n) is 13.3. The lowest BCUT2D eigenvalue weighted by Crippen LogP contribution is -2.56. The van der Waals surface area contributed by atoms with Crippen LogP contribution in [0.4, 0.5) is 0 Å². The van der Waals surface area contributed by atoms with Crippen molar-refractivity contribution in [2.24, 2.45) is 10.8 Å². The van der Waals surface area contributed by atoms with Crippen LogP contribution in [-0.4, -0.2) is 21.9 Å². The van der Waals surface area contributed by atoms with Gasteiger partial charge in [0, 0.05) is 11.0 Å². The molecule has 0 aliphatic heterocycles. The fourth-order valence-corrected chi connectivity index (χ4v) is 4.28. The largest absolute Gasteiger partial charge is 0.388 e. The summed E-state index contributed by atoms with van der Waals surface area (Å²) in [6, 6.07) is 0. The summed E-state index contributed by atoms with van der Waals surface area (Å²) in [4.78, 5) is 0. The molecule has 112 valence electrons. The maximum atomic E-state index is 11.5. The topological polar surface area (TPSA) is 40.5 Å². The van der Waals surface area contributed by atoms with E-state index in [-0.39, 0.29) is 10.8 Å². The third kappa shape index (κ3) is 2.12. The smallest absolute Gasteiger partial charge is 0.102 e. The van der Waals surface area contributed by atoms with Crippen molar-refractivity contribution in [2.75, 3.05) is 0 Å². The first kappa shape index (κ1) is 15.6. The summed E-state index contributed by atoms with van der Waals surface area (Å²) >= 11 is 0. The number of hydrogen-bond acceptors (Lipinski definition) is 2. The van der Waals surface area contributed by atoms with Gasteiger partial charge in [-0.1, -0.05) is 38.7 Å². The predicted molar refractivity (Wildman–Crippen MR) is 81.3 cm³/mol. The van der Waals surface area contributed by atoms with E-state index in [0.29, 0.717) is 12.0 Å². The van der Waals surface area contributed by atoms with Crippen LogP contribution in [-0.2, 0) is 0 Å². The standard InChI is InChI=1S/C18H28O2/c1-5-6-9-14-15(19)10-7-13-18(14,20)17(4)12-8-11-16(17,2)3/h5,15,19-20H,7-8,10-13H2,1-4H3/t15?,17?,18-/m1/s1. The Hall–Kier alpha value is -0.780. The molecule has 0 bridgehead atoms. The molecule has 0 aromatic carbocycles. The van der Waals surface area contributed by atoms with Crippen LogP contribution in [0.15, 0.2) is 23.1 Å². The summed E-state index contributed by atoms with van der Waals surface area (Å²) in [5, 5.41) is 21.9. The number of aliphatic hydroxyl groups is 2. The Morgan fingerprint density at radius 1 is 1.15 bits per heavy atom. The maximum absolute atomic E-state index is 11.5. The first-order valence-corrected chi connectivity index (χ1v) is 7.86. The molecular formula is C18H28O2. The fraction of sp³-hybridized carbons (Fsp3) is 0.778. The van der Waals surface area contributed by atoms with Crippen molar-refractivity contribution in [2.45, 2.75) is 77.9 Å². The van der Waals surface area contributed by atoms with E-state index < -0.39 is 11.7 Å². The first-order valence-electron chi connectivity index (χ1n) is 7.86. The molecule has 3 atom stereocenters. The van der Waals surface area contributed by atoms with Crippen molar-refractivity contribution in [1.82, 2.24) is 0 Å². The van der Waals surface area contributed by atoms with E-state index in [1.807, 2.05) is 6.92 Å². The number of allylic oxidation sites excluding steroid dienone is 1. The lowest BCUT2D eigenvalue weighted by Gasteiger charge is -2.53. The molecule has 0 saturated heterocycles. The quantitative estimate of drug-likeness (QED) is 0.716. The maximum Gasteiger partial charge on any atom is 0.102 e. The Balaban J connectivity index is 2.58. The summed E-state index contributed by atoms with van der Waals surface area (Å²) in [6.45, 7) is 8.56. The van der Waals surface area contributed by atoms with Crippen LogP contribution in [0.2, 0.25) is 0 Å². The molecule has 2 N–H and O–H groups in total. The van der Waals surface area contributed by atoms with Crippen molar-refractivity contribution < 1.29 is 10.2 Å². The van der Waals surface area contributed by atoms with Gasteiger partial charge in [0.2, 0.25) is 0 Å². The molecule has 2 aliphatic rings. The average Bonchev–Trinajstić information content (AvgIpc) is 2.65. The minimum Gasteiger partial charge on any atom is -0.388 e. The zero-order valence-corrected chi connectivity index (χ0v) is 13.3. The highest BCUT2D eigenvalue weighted by Crippen LogP contribution is 2.62. The Morgan fingerprint density at radius 2 is 1.85 bits per heavy atom. The third-order valence-electron chi connectivity index (χ3n) is 6.03. The summed E-state index contributed by atoms with van der Waals surface area (Å²) < 4.78 is 0. The zero-order chi connectivity index (χ0) is 15.0. The van der Waals surface area contributed by atoms with Gasteiger partial charge >= 0.3 is 0 Å². The van der Waals surface area contributed by atoms with E-state index in [2.05, 4.69) is 32.2 Å². The monoisotopic (exact) mass is 276 g/mol. The summed E-state index contributed by atoms with van der Waals surface area (Å²) in [5.41, 5.74) is 5.56. The molecule has 0 heterocycles. The van der Waals surface area contributed by atoms with Gasteiger partial charge in [0.25, 0.3) is 0 Å². The molecule has 2 heteroatoms. The minimum atomic E-state index is -0.958. The van der Waals surface area contributed by atoms with Crippen molar-refractivity contribution in [3.05, 3.63) is 23.1 Å². The molecular weight excluding hydrogens is 248 g/mol. The Morgan fingerprint density at radius 3 is 2.40 bits per heavy atom. The van der Waals surface area contributed by atoms with Gasteiger partial charge in [-0.15, -0.1) is 0 Å².